The van der Waals surface area contributed by atoms with Crippen LogP contribution in [0.25, 0.3) is 0 Å². The Morgan fingerprint density at radius 3 is 2.59 bits per heavy atom. The van der Waals surface area contributed by atoms with Crippen LogP contribution in [0, 0.1) is 17.8 Å². The summed E-state index contributed by atoms with van der Waals surface area (Å²) in [5.41, 5.74) is 6.34. The lowest BCUT2D eigenvalue weighted by atomic mass is 9.63. The zero-order chi connectivity index (χ0) is 21.2. The molecule has 1 aliphatic heterocycles. The molecule has 4 N–H and O–H groups in total. The number of hydroxylamine groups is 2. The van der Waals surface area contributed by atoms with Gasteiger partial charge in [0.15, 0.2) is 5.66 Å². The van der Waals surface area contributed by atoms with Crippen molar-refractivity contribution in [2.24, 2.45) is 23.5 Å². The Kier molecular flexibility index (Phi) is 6.71. The average molecular weight is 402 g/mol. The molecule has 3 rings (SSSR count). The molecule has 0 radical (unpaired) electrons. The number of hydrogen-bond acceptors (Lipinski definition) is 4. The molecule has 1 aliphatic carbocycles. The normalized spacial score (nSPS) is 31.7. The fourth-order valence-corrected chi connectivity index (χ4v) is 5.42. The van der Waals surface area contributed by atoms with E-state index in [9.17, 15) is 10.0 Å². The Balaban J connectivity index is 1.84. The first-order chi connectivity index (χ1) is 13.6. The number of nitrogens with one attached hydrogen (secondary N) is 1. The summed E-state index contributed by atoms with van der Waals surface area (Å²) < 4.78 is 0. The van der Waals surface area contributed by atoms with Crippen LogP contribution in [0.15, 0.2) is 30.3 Å². The van der Waals surface area contributed by atoms with Crippen molar-refractivity contribution < 1.29 is 10.0 Å². The van der Waals surface area contributed by atoms with Gasteiger partial charge in [0, 0.05) is 18.0 Å². The summed E-state index contributed by atoms with van der Waals surface area (Å²) in [5.74, 6) is 0.895. The average Bonchev–Trinajstić information content (AvgIpc) is 2.67. The van der Waals surface area contributed by atoms with Crippen LogP contribution in [-0.4, -0.2) is 33.9 Å². The van der Waals surface area contributed by atoms with Crippen LogP contribution >= 0.6 is 0 Å². The highest BCUT2D eigenvalue weighted by molar-refractivity contribution is 5.86. The maximum atomic E-state index is 13.3. The molecule has 2 fully saturated rings. The molecular weight excluding hydrogens is 362 g/mol. The summed E-state index contributed by atoms with van der Waals surface area (Å²) in [6, 6.07) is 10.5. The topological polar surface area (TPSA) is 78.6 Å². The molecule has 29 heavy (non-hydrogen) atoms. The van der Waals surface area contributed by atoms with Crippen LogP contribution in [0.4, 0.5) is 0 Å². The fourth-order valence-electron chi connectivity index (χ4n) is 5.42. The molecule has 1 amide bonds. The highest BCUT2D eigenvalue weighted by atomic mass is 16.5. The summed E-state index contributed by atoms with van der Waals surface area (Å²) in [6.45, 7) is 8.59. The summed E-state index contributed by atoms with van der Waals surface area (Å²) in [7, 11) is 0. The molecule has 0 bridgehead atoms. The number of nitrogens with zero attached hydrogens (tertiary/aromatic N) is 1. The van der Waals surface area contributed by atoms with Crippen molar-refractivity contribution in [3.63, 3.8) is 0 Å². The monoisotopic (exact) mass is 401 g/mol. The third-order valence-electron chi connectivity index (χ3n) is 7.02. The second-order valence-electron chi connectivity index (χ2n) is 10.3. The van der Waals surface area contributed by atoms with Crippen molar-refractivity contribution >= 4 is 5.91 Å². The number of rotatable bonds is 5. The van der Waals surface area contributed by atoms with E-state index < -0.39 is 11.2 Å². The summed E-state index contributed by atoms with van der Waals surface area (Å²) >= 11 is 0. The first kappa shape index (κ1) is 22.3. The van der Waals surface area contributed by atoms with Gasteiger partial charge in [0.05, 0.1) is 0 Å². The number of carbonyl (C=O) groups is 1. The van der Waals surface area contributed by atoms with Crippen molar-refractivity contribution in [2.75, 3.05) is 6.54 Å². The van der Waals surface area contributed by atoms with Crippen LogP contribution in [0.2, 0.25) is 0 Å². The van der Waals surface area contributed by atoms with Crippen LogP contribution in [0.3, 0.4) is 0 Å². The number of amides is 1. The molecule has 1 heterocycles. The smallest absolute Gasteiger partial charge is 0.258 e. The minimum absolute atomic E-state index is 0.0555. The number of benzene rings is 1. The molecule has 5 atom stereocenters. The molecular formula is C24H39N3O2. The zero-order valence-electron chi connectivity index (χ0n) is 18.5. The highest BCUT2D eigenvalue weighted by Gasteiger charge is 2.56. The third kappa shape index (κ3) is 4.84. The van der Waals surface area contributed by atoms with E-state index in [0.29, 0.717) is 24.3 Å². The maximum Gasteiger partial charge on any atom is 0.258 e. The Morgan fingerprint density at radius 1 is 1.28 bits per heavy atom. The van der Waals surface area contributed by atoms with Gasteiger partial charge in [0.1, 0.15) is 0 Å². The predicted molar refractivity (Wildman–Crippen MR) is 116 cm³/mol. The number of nitrogens with two attached hydrogens (primary N) is 1. The van der Waals surface area contributed by atoms with Gasteiger partial charge < -0.3 is 16.3 Å². The van der Waals surface area contributed by atoms with Crippen molar-refractivity contribution in [1.29, 1.82) is 0 Å². The van der Waals surface area contributed by atoms with Gasteiger partial charge in [0.2, 0.25) is 0 Å². The first-order valence-corrected chi connectivity index (χ1v) is 11.3. The Bertz CT molecular complexity index is 687. The lowest BCUT2D eigenvalue weighted by Crippen LogP contribution is -2.74. The van der Waals surface area contributed by atoms with E-state index in [4.69, 9.17) is 5.73 Å². The minimum Gasteiger partial charge on any atom is -0.349 e. The van der Waals surface area contributed by atoms with Gasteiger partial charge in [0.25, 0.3) is 5.91 Å². The molecule has 1 aromatic rings. The van der Waals surface area contributed by atoms with Crippen LogP contribution in [0.5, 0.6) is 0 Å². The Hall–Kier alpha value is -1.43. The van der Waals surface area contributed by atoms with E-state index in [-0.39, 0.29) is 11.8 Å². The van der Waals surface area contributed by atoms with E-state index in [1.54, 1.807) is 0 Å². The minimum atomic E-state index is -1.37. The predicted octanol–water partition coefficient (Wildman–Crippen LogP) is 4.27. The molecule has 5 nitrogen and oxygen atoms in total. The zero-order valence-corrected chi connectivity index (χ0v) is 18.5. The number of fused-ring (bicyclic) bond motifs is 1. The molecule has 1 aromatic carbocycles. The molecule has 2 aliphatic rings. The van der Waals surface area contributed by atoms with Gasteiger partial charge in [-0.25, -0.2) is 0 Å². The van der Waals surface area contributed by atoms with E-state index in [1.165, 1.54) is 23.5 Å². The van der Waals surface area contributed by atoms with Crippen molar-refractivity contribution in [1.82, 2.24) is 10.4 Å². The Morgan fingerprint density at radius 2 is 1.93 bits per heavy atom. The lowest BCUT2D eigenvalue weighted by Gasteiger charge is -2.54. The molecule has 1 saturated carbocycles. The summed E-state index contributed by atoms with van der Waals surface area (Å²) in [4.78, 5) is 13.3. The van der Waals surface area contributed by atoms with E-state index in [0.717, 1.165) is 25.7 Å². The number of piperidine rings is 1. The van der Waals surface area contributed by atoms with Gasteiger partial charge in [-0.15, -0.1) is 0 Å². The largest absolute Gasteiger partial charge is 0.349 e. The van der Waals surface area contributed by atoms with Crippen molar-refractivity contribution in [2.45, 2.75) is 83.3 Å². The summed E-state index contributed by atoms with van der Waals surface area (Å²) in [5, 5.41) is 15.1. The molecule has 1 saturated heterocycles. The van der Waals surface area contributed by atoms with Gasteiger partial charge >= 0.3 is 0 Å². The lowest BCUT2D eigenvalue weighted by molar-refractivity contribution is -0.238. The maximum absolute atomic E-state index is 13.3. The van der Waals surface area contributed by atoms with E-state index in [1.807, 2.05) is 26.8 Å². The van der Waals surface area contributed by atoms with Gasteiger partial charge in [-0.05, 0) is 69.8 Å². The van der Waals surface area contributed by atoms with Crippen molar-refractivity contribution in [3.8, 4) is 0 Å². The van der Waals surface area contributed by atoms with Crippen LogP contribution in [-0.2, 0) is 4.79 Å². The van der Waals surface area contributed by atoms with Crippen LogP contribution < -0.4 is 11.1 Å². The second kappa shape index (κ2) is 8.75. The highest BCUT2D eigenvalue weighted by Crippen LogP contribution is 2.47. The standard InChI is InChI=1S/C24H39N3O2/c1-17(18-10-6-5-7-11-18)14-15-21-20-13-9-8-12-19(20)16-27(29)24(21,25)22(28)26-23(2,3)4/h5-7,10-11,17,19-21,29H,8-9,12-16,25H2,1-4H3,(H,26,28)/t17-,19+,20-,21?,24?/m0/s1. The van der Waals surface area contributed by atoms with Crippen molar-refractivity contribution in [3.05, 3.63) is 35.9 Å². The van der Waals surface area contributed by atoms with E-state index in [2.05, 4.69) is 36.5 Å². The quantitative estimate of drug-likeness (QED) is 0.688. The second-order valence-corrected chi connectivity index (χ2v) is 10.3. The third-order valence-corrected chi connectivity index (χ3v) is 7.02. The molecule has 162 valence electrons. The SMILES string of the molecule is C[C@@H](CCC1[C@H]2CCCC[C@@H]2CN(O)C1(N)C(=O)NC(C)(C)C)c1ccccc1. The van der Waals surface area contributed by atoms with E-state index >= 15 is 0 Å². The fraction of sp³-hybridized carbons (Fsp3) is 0.708. The molecule has 0 spiro atoms. The number of hydrogen-bond donors (Lipinski definition) is 3. The first-order valence-electron chi connectivity index (χ1n) is 11.3. The molecule has 2 unspecified atom stereocenters. The van der Waals surface area contributed by atoms with Gasteiger partial charge in [-0.1, -0.05) is 50.1 Å². The molecule has 0 aromatic heterocycles. The van der Waals surface area contributed by atoms with Crippen LogP contribution in [0.1, 0.15) is 77.7 Å². The molecule has 5 heteroatoms. The Labute approximate surface area is 176 Å². The van der Waals surface area contributed by atoms with Gasteiger partial charge in [-0.3, -0.25) is 4.79 Å². The number of carbonyl (C=O) groups excluding carboxylic acids is 1. The van der Waals surface area contributed by atoms with Gasteiger partial charge in [-0.2, -0.15) is 5.06 Å². The summed E-state index contributed by atoms with van der Waals surface area (Å²) in [6.07, 6.45) is 6.39.